The summed E-state index contributed by atoms with van der Waals surface area (Å²) in [5.74, 6) is -0.0924. The average molecular weight is 246 g/mol. The van der Waals surface area contributed by atoms with Crippen LogP contribution in [0.4, 0.5) is 0 Å². The van der Waals surface area contributed by atoms with E-state index in [2.05, 4.69) is 6.92 Å². The van der Waals surface area contributed by atoms with Crippen molar-refractivity contribution in [2.24, 2.45) is 0 Å². The molecule has 1 aromatic carbocycles. The highest BCUT2D eigenvalue weighted by atomic mass is 16.3. The molecule has 0 spiro atoms. The van der Waals surface area contributed by atoms with E-state index in [0.29, 0.717) is 18.4 Å². The van der Waals surface area contributed by atoms with E-state index in [-0.39, 0.29) is 5.78 Å². The second kappa shape index (κ2) is 5.66. The molecule has 0 aliphatic heterocycles. The molecule has 2 rings (SSSR count). The van der Waals surface area contributed by atoms with E-state index in [4.69, 9.17) is 0 Å². The second-order valence-electron chi connectivity index (χ2n) is 5.37. The lowest BCUT2D eigenvalue weighted by Gasteiger charge is -2.30. The van der Waals surface area contributed by atoms with Crippen LogP contribution in [-0.4, -0.2) is 16.5 Å². The molecule has 1 fully saturated rings. The molecule has 0 aromatic heterocycles. The first kappa shape index (κ1) is 13.3. The number of carbonyl (C=O) groups is 1. The number of aryl methyl sites for hydroxylation is 1. The van der Waals surface area contributed by atoms with Crippen molar-refractivity contribution in [2.45, 2.75) is 57.5 Å². The van der Waals surface area contributed by atoms with Gasteiger partial charge in [-0.2, -0.15) is 0 Å². The molecule has 1 aliphatic rings. The van der Waals surface area contributed by atoms with Gasteiger partial charge in [-0.15, -0.1) is 0 Å². The van der Waals surface area contributed by atoms with Gasteiger partial charge in [-0.3, -0.25) is 4.79 Å². The standard InChI is InChI=1S/C16H22O2/c1-2-6-13-7-9-14(10-8-13)15(17)16(18)11-4-3-5-12-16/h7-10,18H,2-6,11-12H2,1H3. The summed E-state index contributed by atoms with van der Waals surface area (Å²) in [7, 11) is 0. The fourth-order valence-corrected chi connectivity index (χ4v) is 2.74. The quantitative estimate of drug-likeness (QED) is 0.825. The molecular weight excluding hydrogens is 224 g/mol. The topological polar surface area (TPSA) is 37.3 Å². The largest absolute Gasteiger partial charge is 0.382 e. The highest BCUT2D eigenvalue weighted by Crippen LogP contribution is 2.31. The van der Waals surface area contributed by atoms with E-state index in [1.54, 1.807) is 0 Å². The molecule has 2 heteroatoms. The smallest absolute Gasteiger partial charge is 0.194 e. The number of hydrogen-bond acceptors (Lipinski definition) is 2. The third kappa shape index (κ3) is 2.81. The number of aliphatic hydroxyl groups is 1. The molecule has 0 atom stereocenters. The van der Waals surface area contributed by atoms with Gasteiger partial charge in [0, 0.05) is 5.56 Å². The van der Waals surface area contributed by atoms with Gasteiger partial charge in [0.25, 0.3) is 0 Å². The van der Waals surface area contributed by atoms with E-state index >= 15 is 0 Å². The molecule has 0 unspecified atom stereocenters. The van der Waals surface area contributed by atoms with Gasteiger partial charge in [-0.25, -0.2) is 0 Å². The molecule has 0 radical (unpaired) electrons. The van der Waals surface area contributed by atoms with Crippen LogP contribution in [0, 0.1) is 0 Å². The van der Waals surface area contributed by atoms with Crippen LogP contribution in [0.25, 0.3) is 0 Å². The van der Waals surface area contributed by atoms with Crippen molar-refractivity contribution >= 4 is 5.78 Å². The molecule has 0 bridgehead atoms. The van der Waals surface area contributed by atoms with E-state index < -0.39 is 5.60 Å². The minimum absolute atomic E-state index is 0.0924. The Morgan fingerprint density at radius 1 is 1.17 bits per heavy atom. The maximum atomic E-state index is 12.3. The highest BCUT2D eigenvalue weighted by Gasteiger charge is 2.37. The Morgan fingerprint density at radius 3 is 2.33 bits per heavy atom. The van der Waals surface area contributed by atoms with Crippen LogP contribution in [0.5, 0.6) is 0 Å². The third-order valence-corrected chi connectivity index (χ3v) is 3.86. The number of ketones is 1. The summed E-state index contributed by atoms with van der Waals surface area (Å²) in [5, 5.41) is 10.4. The maximum absolute atomic E-state index is 12.3. The fraction of sp³-hybridized carbons (Fsp3) is 0.562. The van der Waals surface area contributed by atoms with Gasteiger partial charge in [0.15, 0.2) is 5.78 Å². The van der Waals surface area contributed by atoms with Crippen LogP contribution in [0.2, 0.25) is 0 Å². The van der Waals surface area contributed by atoms with Crippen molar-refractivity contribution in [3.05, 3.63) is 35.4 Å². The predicted octanol–water partition coefficient (Wildman–Crippen LogP) is 3.52. The van der Waals surface area contributed by atoms with E-state index in [1.807, 2.05) is 24.3 Å². The molecule has 0 amide bonds. The molecule has 1 aliphatic carbocycles. The number of hydrogen-bond donors (Lipinski definition) is 1. The lowest BCUT2D eigenvalue weighted by atomic mass is 9.79. The molecule has 2 nitrogen and oxygen atoms in total. The molecule has 1 aromatic rings. The van der Waals surface area contributed by atoms with Gasteiger partial charge in [0.2, 0.25) is 0 Å². The van der Waals surface area contributed by atoms with E-state index in [9.17, 15) is 9.90 Å². The number of Topliss-reactive ketones (excluding diaryl/α,β-unsaturated/α-hetero) is 1. The Bertz CT molecular complexity index is 400. The third-order valence-electron chi connectivity index (χ3n) is 3.86. The monoisotopic (exact) mass is 246 g/mol. The summed E-state index contributed by atoms with van der Waals surface area (Å²) in [6.07, 6.45) is 6.42. The molecule has 0 heterocycles. The van der Waals surface area contributed by atoms with Gasteiger partial charge in [0.05, 0.1) is 0 Å². The maximum Gasteiger partial charge on any atom is 0.194 e. The van der Waals surface area contributed by atoms with Gasteiger partial charge in [-0.1, -0.05) is 56.9 Å². The Kier molecular flexibility index (Phi) is 4.18. The molecule has 0 saturated heterocycles. The van der Waals surface area contributed by atoms with Crippen LogP contribution in [0.1, 0.15) is 61.4 Å². The van der Waals surface area contributed by atoms with Crippen LogP contribution in [0.3, 0.4) is 0 Å². The highest BCUT2D eigenvalue weighted by molar-refractivity contribution is 6.02. The summed E-state index contributed by atoms with van der Waals surface area (Å²) in [6.45, 7) is 2.14. The van der Waals surface area contributed by atoms with Crippen molar-refractivity contribution in [3.63, 3.8) is 0 Å². The summed E-state index contributed by atoms with van der Waals surface area (Å²) in [6, 6.07) is 7.73. The lowest BCUT2D eigenvalue weighted by Crippen LogP contribution is -2.40. The first-order valence-electron chi connectivity index (χ1n) is 7.02. The Labute approximate surface area is 109 Å². The summed E-state index contributed by atoms with van der Waals surface area (Å²) < 4.78 is 0. The zero-order valence-electron chi connectivity index (χ0n) is 11.1. The molecule has 18 heavy (non-hydrogen) atoms. The van der Waals surface area contributed by atoms with Crippen molar-refractivity contribution in [3.8, 4) is 0 Å². The summed E-state index contributed by atoms with van der Waals surface area (Å²) in [4.78, 5) is 12.3. The minimum atomic E-state index is -1.11. The molecule has 1 N–H and O–H groups in total. The van der Waals surface area contributed by atoms with Crippen LogP contribution in [0.15, 0.2) is 24.3 Å². The lowest BCUT2D eigenvalue weighted by molar-refractivity contribution is 0.0116. The van der Waals surface area contributed by atoms with Gasteiger partial charge in [-0.05, 0) is 24.8 Å². The van der Waals surface area contributed by atoms with Gasteiger partial charge in [0.1, 0.15) is 5.60 Å². The first-order chi connectivity index (χ1) is 8.65. The Balaban J connectivity index is 2.12. The van der Waals surface area contributed by atoms with E-state index in [1.165, 1.54) is 5.56 Å². The summed E-state index contributed by atoms with van der Waals surface area (Å²) >= 11 is 0. The predicted molar refractivity (Wildman–Crippen MR) is 72.8 cm³/mol. The zero-order valence-corrected chi connectivity index (χ0v) is 11.1. The summed E-state index contributed by atoms with van der Waals surface area (Å²) in [5.41, 5.74) is 0.800. The molecule has 98 valence electrons. The van der Waals surface area contributed by atoms with Crippen LogP contribution >= 0.6 is 0 Å². The van der Waals surface area contributed by atoms with Crippen molar-refractivity contribution < 1.29 is 9.90 Å². The Morgan fingerprint density at radius 2 is 1.78 bits per heavy atom. The SMILES string of the molecule is CCCc1ccc(C(=O)C2(O)CCCCC2)cc1. The Hall–Kier alpha value is -1.15. The van der Waals surface area contributed by atoms with Crippen LogP contribution in [-0.2, 0) is 6.42 Å². The van der Waals surface area contributed by atoms with Gasteiger partial charge < -0.3 is 5.11 Å². The van der Waals surface area contributed by atoms with Crippen molar-refractivity contribution in [2.75, 3.05) is 0 Å². The van der Waals surface area contributed by atoms with E-state index in [0.717, 1.165) is 32.1 Å². The second-order valence-corrected chi connectivity index (χ2v) is 5.37. The zero-order chi connectivity index (χ0) is 13.0. The van der Waals surface area contributed by atoms with Crippen molar-refractivity contribution in [1.29, 1.82) is 0 Å². The number of carbonyl (C=O) groups excluding carboxylic acids is 1. The normalized spacial score (nSPS) is 18.6. The van der Waals surface area contributed by atoms with Crippen LogP contribution < -0.4 is 0 Å². The fourth-order valence-electron chi connectivity index (χ4n) is 2.74. The molecule has 1 saturated carbocycles. The van der Waals surface area contributed by atoms with Crippen molar-refractivity contribution in [1.82, 2.24) is 0 Å². The minimum Gasteiger partial charge on any atom is -0.382 e. The molecular formula is C16H22O2. The number of rotatable bonds is 4. The number of benzene rings is 1. The van der Waals surface area contributed by atoms with Gasteiger partial charge >= 0.3 is 0 Å². The average Bonchev–Trinajstić information content (AvgIpc) is 2.40. The first-order valence-corrected chi connectivity index (χ1v) is 7.02.